The summed E-state index contributed by atoms with van der Waals surface area (Å²) in [5, 5.41) is 1.23. The van der Waals surface area contributed by atoms with Gasteiger partial charge in [-0.25, -0.2) is 4.98 Å². The molecule has 5 heteroatoms. The number of hydrogen-bond donors (Lipinski definition) is 0. The fourth-order valence-electron chi connectivity index (χ4n) is 2.17. The number of halogens is 1. The average molecular weight is 289 g/mol. The van der Waals surface area contributed by atoms with Crippen LogP contribution in [-0.4, -0.2) is 9.55 Å². The highest BCUT2D eigenvalue weighted by Crippen LogP contribution is 2.19. The van der Waals surface area contributed by atoms with Crippen LogP contribution in [0.5, 0.6) is 0 Å². The second-order valence-electron chi connectivity index (χ2n) is 4.77. The summed E-state index contributed by atoms with van der Waals surface area (Å²) in [6, 6.07) is 7.40. The van der Waals surface area contributed by atoms with E-state index in [4.69, 9.17) is 16.0 Å². The van der Waals surface area contributed by atoms with Crippen molar-refractivity contribution in [3.05, 3.63) is 62.9 Å². The Balaban J connectivity index is 2.08. The second-order valence-corrected chi connectivity index (χ2v) is 5.20. The van der Waals surface area contributed by atoms with E-state index in [-0.39, 0.29) is 5.56 Å². The van der Waals surface area contributed by atoms with Gasteiger partial charge in [-0.05, 0) is 31.5 Å². The lowest BCUT2D eigenvalue weighted by molar-refractivity contribution is 0.561. The van der Waals surface area contributed by atoms with Crippen molar-refractivity contribution in [1.29, 1.82) is 0 Å². The van der Waals surface area contributed by atoms with E-state index < -0.39 is 0 Å². The van der Waals surface area contributed by atoms with Gasteiger partial charge in [-0.3, -0.25) is 9.36 Å². The minimum Gasteiger partial charge on any atom is -0.443 e. The maximum Gasteiger partial charge on any atom is 0.265 e. The molecule has 0 atom stereocenters. The Kier molecular flexibility index (Phi) is 3.10. The first-order chi connectivity index (χ1) is 9.56. The van der Waals surface area contributed by atoms with Crippen LogP contribution in [0.4, 0.5) is 0 Å². The first-order valence-corrected chi connectivity index (χ1v) is 6.63. The topological polar surface area (TPSA) is 48.0 Å². The van der Waals surface area contributed by atoms with Crippen molar-refractivity contribution in [2.75, 3.05) is 0 Å². The van der Waals surface area contributed by atoms with Crippen molar-refractivity contribution in [3.63, 3.8) is 0 Å². The molecular formula is C15H13ClN2O2. The van der Waals surface area contributed by atoms with Gasteiger partial charge in [-0.1, -0.05) is 23.7 Å². The molecule has 102 valence electrons. The number of nitrogens with zero attached hydrogens (tertiary/aromatic N) is 2. The van der Waals surface area contributed by atoms with E-state index in [9.17, 15) is 4.79 Å². The average Bonchev–Trinajstić information content (AvgIpc) is 2.72. The minimum absolute atomic E-state index is 0.0840. The van der Waals surface area contributed by atoms with E-state index in [1.54, 1.807) is 16.7 Å². The molecule has 20 heavy (non-hydrogen) atoms. The summed E-state index contributed by atoms with van der Waals surface area (Å²) in [5.41, 5.74) is 2.16. The van der Waals surface area contributed by atoms with Gasteiger partial charge in [0.05, 0.1) is 6.54 Å². The van der Waals surface area contributed by atoms with Gasteiger partial charge in [0, 0.05) is 10.6 Å². The van der Waals surface area contributed by atoms with Gasteiger partial charge < -0.3 is 4.42 Å². The van der Waals surface area contributed by atoms with Gasteiger partial charge in [-0.2, -0.15) is 0 Å². The van der Waals surface area contributed by atoms with Gasteiger partial charge in [0.1, 0.15) is 17.5 Å². The van der Waals surface area contributed by atoms with Crippen LogP contribution in [0.25, 0.3) is 11.1 Å². The van der Waals surface area contributed by atoms with E-state index >= 15 is 0 Å². The molecule has 0 saturated heterocycles. The maximum atomic E-state index is 12.5. The summed E-state index contributed by atoms with van der Waals surface area (Å²) < 4.78 is 7.04. The maximum absolute atomic E-state index is 12.5. The van der Waals surface area contributed by atoms with E-state index in [1.165, 1.54) is 6.33 Å². The standard InChI is InChI=1S/C15H13ClN2O2/c1-9-10(2)20-14-13(9)15(19)18(8-17-14)7-11-3-5-12(16)6-4-11/h3-6,8H,7H2,1-2H3. The van der Waals surface area contributed by atoms with Gasteiger partial charge >= 0.3 is 0 Å². The summed E-state index contributed by atoms with van der Waals surface area (Å²) in [6.07, 6.45) is 1.52. The zero-order valence-electron chi connectivity index (χ0n) is 11.2. The number of furan rings is 1. The van der Waals surface area contributed by atoms with Crippen LogP contribution in [0.15, 0.2) is 39.8 Å². The summed E-state index contributed by atoms with van der Waals surface area (Å²) in [7, 11) is 0. The van der Waals surface area contributed by atoms with Crippen LogP contribution in [0, 0.1) is 13.8 Å². The van der Waals surface area contributed by atoms with Crippen molar-refractivity contribution in [3.8, 4) is 0 Å². The molecular weight excluding hydrogens is 276 g/mol. The number of aryl methyl sites for hydroxylation is 2. The zero-order chi connectivity index (χ0) is 14.3. The van der Waals surface area contributed by atoms with Gasteiger partial charge in [0.25, 0.3) is 5.56 Å². The molecule has 0 unspecified atom stereocenters. The summed E-state index contributed by atoms with van der Waals surface area (Å²) >= 11 is 5.85. The Morgan fingerprint density at radius 1 is 1.25 bits per heavy atom. The highest BCUT2D eigenvalue weighted by atomic mass is 35.5. The molecule has 0 amide bonds. The minimum atomic E-state index is -0.0840. The summed E-state index contributed by atoms with van der Waals surface area (Å²) in [5.74, 6) is 0.730. The van der Waals surface area contributed by atoms with Gasteiger partial charge in [-0.15, -0.1) is 0 Å². The fourth-order valence-corrected chi connectivity index (χ4v) is 2.30. The molecule has 2 aromatic heterocycles. The number of benzene rings is 1. The number of aromatic nitrogens is 2. The van der Waals surface area contributed by atoms with Crippen LogP contribution in [0.3, 0.4) is 0 Å². The van der Waals surface area contributed by atoms with E-state index in [1.807, 2.05) is 26.0 Å². The van der Waals surface area contributed by atoms with E-state index in [0.29, 0.717) is 22.7 Å². The predicted octanol–water partition coefficient (Wildman–Crippen LogP) is 3.31. The smallest absolute Gasteiger partial charge is 0.265 e. The normalized spacial score (nSPS) is 11.2. The molecule has 0 aliphatic carbocycles. The largest absolute Gasteiger partial charge is 0.443 e. The number of rotatable bonds is 2. The van der Waals surface area contributed by atoms with Gasteiger partial charge in [0.2, 0.25) is 5.71 Å². The molecule has 0 spiro atoms. The number of hydrogen-bond acceptors (Lipinski definition) is 3. The molecule has 0 aliphatic rings. The highest BCUT2D eigenvalue weighted by Gasteiger charge is 2.13. The second kappa shape index (κ2) is 4.80. The Morgan fingerprint density at radius 3 is 2.65 bits per heavy atom. The van der Waals surface area contributed by atoms with Crippen LogP contribution in [-0.2, 0) is 6.54 Å². The third-order valence-electron chi connectivity index (χ3n) is 3.42. The molecule has 0 radical (unpaired) electrons. The molecule has 4 nitrogen and oxygen atoms in total. The van der Waals surface area contributed by atoms with Crippen LogP contribution < -0.4 is 5.56 Å². The molecule has 0 saturated carbocycles. The van der Waals surface area contributed by atoms with Gasteiger partial charge in [0.15, 0.2) is 0 Å². The molecule has 0 bridgehead atoms. The van der Waals surface area contributed by atoms with Crippen LogP contribution in [0.1, 0.15) is 16.9 Å². The number of fused-ring (bicyclic) bond motifs is 1. The molecule has 0 N–H and O–H groups in total. The third-order valence-corrected chi connectivity index (χ3v) is 3.67. The van der Waals surface area contributed by atoms with Crippen molar-refractivity contribution >= 4 is 22.7 Å². The third kappa shape index (κ3) is 2.12. The molecule has 0 aliphatic heterocycles. The summed E-state index contributed by atoms with van der Waals surface area (Å²) in [6.45, 7) is 4.17. The Hall–Kier alpha value is -2.07. The monoisotopic (exact) mass is 288 g/mol. The lowest BCUT2D eigenvalue weighted by atomic mass is 10.2. The van der Waals surface area contributed by atoms with Crippen LogP contribution >= 0.6 is 11.6 Å². The first kappa shape index (κ1) is 12.9. The zero-order valence-corrected chi connectivity index (χ0v) is 11.9. The quantitative estimate of drug-likeness (QED) is 0.727. The first-order valence-electron chi connectivity index (χ1n) is 6.26. The Labute approximate surface area is 120 Å². The highest BCUT2D eigenvalue weighted by molar-refractivity contribution is 6.30. The predicted molar refractivity (Wildman–Crippen MR) is 78.3 cm³/mol. The molecule has 0 fully saturated rings. The molecule has 1 aromatic carbocycles. The Morgan fingerprint density at radius 2 is 1.95 bits per heavy atom. The van der Waals surface area contributed by atoms with E-state index in [0.717, 1.165) is 16.9 Å². The molecule has 3 rings (SSSR count). The molecule has 2 heterocycles. The van der Waals surface area contributed by atoms with E-state index in [2.05, 4.69) is 4.98 Å². The summed E-state index contributed by atoms with van der Waals surface area (Å²) in [4.78, 5) is 16.7. The fraction of sp³-hybridized carbons (Fsp3) is 0.200. The lowest BCUT2D eigenvalue weighted by Gasteiger charge is -2.05. The van der Waals surface area contributed by atoms with Crippen LogP contribution in [0.2, 0.25) is 5.02 Å². The molecule has 3 aromatic rings. The van der Waals surface area contributed by atoms with Crippen molar-refractivity contribution in [2.45, 2.75) is 20.4 Å². The van der Waals surface area contributed by atoms with Crippen molar-refractivity contribution in [2.24, 2.45) is 0 Å². The van der Waals surface area contributed by atoms with Crippen molar-refractivity contribution < 1.29 is 4.42 Å². The van der Waals surface area contributed by atoms with Crippen molar-refractivity contribution in [1.82, 2.24) is 9.55 Å². The SMILES string of the molecule is Cc1oc2ncn(Cc3ccc(Cl)cc3)c(=O)c2c1C. The lowest BCUT2D eigenvalue weighted by Crippen LogP contribution is -2.21. The Bertz CT molecular complexity index is 831.